The van der Waals surface area contributed by atoms with Crippen molar-refractivity contribution in [2.24, 2.45) is 0 Å². The van der Waals surface area contributed by atoms with Gasteiger partial charge in [-0.3, -0.25) is 0 Å². The standard InChI is InChI=1S/C15H24N2OS/c1-15(2,3)12-8-5-6-9-13(12)17-14(19)16-10-7-11-18-4/h5-6,8-9H,7,10-11H2,1-4H3,(H2,16,17,19). The van der Waals surface area contributed by atoms with Crippen molar-refractivity contribution in [1.29, 1.82) is 0 Å². The number of ether oxygens (including phenoxy) is 1. The van der Waals surface area contributed by atoms with Crippen molar-refractivity contribution < 1.29 is 4.74 Å². The zero-order chi connectivity index (χ0) is 14.3. The number of methoxy groups -OCH3 is 1. The van der Waals surface area contributed by atoms with Gasteiger partial charge in [0.2, 0.25) is 0 Å². The van der Waals surface area contributed by atoms with Gasteiger partial charge >= 0.3 is 0 Å². The van der Waals surface area contributed by atoms with E-state index >= 15 is 0 Å². The minimum Gasteiger partial charge on any atom is -0.385 e. The summed E-state index contributed by atoms with van der Waals surface area (Å²) in [7, 11) is 1.70. The van der Waals surface area contributed by atoms with Crippen LogP contribution in [-0.2, 0) is 10.2 Å². The predicted octanol–water partition coefficient (Wildman–Crippen LogP) is 3.31. The first-order valence-electron chi connectivity index (χ1n) is 6.58. The molecular formula is C15H24N2OS. The van der Waals surface area contributed by atoms with Crippen LogP contribution >= 0.6 is 12.2 Å². The van der Waals surface area contributed by atoms with E-state index in [0.29, 0.717) is 5.11 Å². The molecule has 0 amide bonds. The predicted molar refractivity (Wildman–Crippen MR) is 85.9 cm³/mol. The fourth-order valence-corrected chi connectivity index (χ4v) is 2.04. The first kappa shape index (κ1) is 15.9. The van der Waals surface area contributed by atoms with Crippen molar-refractivity contribution in [3.8, 4) is 0 Å². The largest absolute Gasteiger partial charge is 0.385 e. The third-order valence-corrected chi connectivity index (χ3v) is 3.04. The lowest BCUT2D eigenvalue weighted by molar-refractivity contribution is 0.196. The number of para-hydroxylation sites is 1. The second kappa shape index (κ2) is 7.46. The van der Waals surface area contributed by atoms with Gasteiger partial charge in [0, 0.05) is 25.9 Å². The Bertz CT molecular complexity index is 413. The van der Waals surface area contributed by atoms with Gasteiger partial charge in [0.05, 0.1) is 0 Å². The van der Waals surface area contributed by atoms with E-state index < -0.39 is 0 Å². The lowest BCUT2D eigenvalue weighted by Crippen LogP contribution is -2.30. The number of thiocarbonyl (C=S) groups is 1. The minimum atomic E-state index is 0.0925. The summed E-state index contributed by atoms with van der Waals surface area (Å²) in [5, 5.41) is 7.12. The van der Waals surface area contributed by atoms with E-state index in [0.717, 1.165) is 25.3 Å². The van der Waals surface area contributed by atoms with E-state index in [1.54, 1.807) is 7.11 Å². The summed E-state index contributed by atoms with van der Waals surface area (Å²) in [4.78, 5) is 0. The smallest absolute Gasteiger partial charge is 0.170 e. The van der Waals surface area contributed by atoms with Crippen LogP contribution in [0.1, 0.15) is 32.8 Å². The van der Waals surface area contributed by atoms with Crippen LogP contribution in [0.15, 0.2) is 24.3 Å². The van der Waals surface area contributed by atoms with Crippen LogP contribution in [0.25, 0.3) is 0 Å². The normalized spacial score (nSPS) is 11.2. The van der Waals surface area contributed by atoms with Crippen LogP contribution < -0.4 is 10.6 Å². The first-order valence-corrected chi connectivity index (χ1v) is 6.99. The Morgan fingerprint density at radius 3 is 2.58 bits per heavy atom. The maximum Gasteiger partial charge on any atom is 0.170 e. The Morgan fingerprint density at radius 2 is 1.95 bits per heavy atom. The van der Waals surface area contributed by atoms with Gasteiger partial charge in [0.15, 0.2) is 5.11 Å². The molecule has 0 aliphatic heterocycles. The molecule has 1 aromatic carbocycles. The van der Waals surface area contributed by atoms with Crippen molar-refractivity contribution in [1.82, 2.24) is 5.32 Å². The summed E-state index contributed by atoms with van der Waals surface area (Å²) in [6.07, 6.45) is 0.944. The molecule has 0 saturated heterocycles. The molecule has 0 atom stereocenters. The number of rotatable bonds is 5. The number of nitrogens with one attached hydrogen (secondary N) is 2. The summed E-state index contributed by atoms with van der Waals surface area (Å²) in [5.41, 5.74) is 2.42. The zero-order valence-electron chi connectivity index (χ0n) is 12.2. The molecule has 0 unspecified atom stereocenters. The molecule has 106 valence electrons. The molecule has 0 spiro atoms. The van der Waals surface area contributed by atoms with E-state index in [4.69, 9.17) is 17.0 Å². The van der Waals surface area contributed by atoms with Crippen molar-refractivity contribution in [3.63, 3.8) is 0 Å². The lowest BCUT2D eigenvalue weighted by Gasteiger charge is -2.23. The van der Waals surface area contributed by atoms with Gasteiger partial charge in [-0.1, -0.05) is 39.0 Å². The van der Waals surface area contributed by atoms with Gasteiger partial charge in [0.25, 0.3) is 0 Å². The lowest BCUT2D eigenvalue weighted by atomic mass is 9.86. The number of anilines is 1. The zero-order valence-corrected chi connectivity index (χ0v) is 13.1. The van der Waals surface area contributed by atoms with Crippen molar-refractivity contribution in [3.05, 3.63) is 29.8 Å². The van der Waals surface area contributed by atoms with Crippen LogP contribution in [0.2, 0.25) is 0 Å². The molecular weight excluding hydrogens is 256 g/mol. The number of hydrogen-bond donors (Lipinski definition) is 2. The highest BCUT2D eigenvalue weighted by Crippen LogP contribution is 2.29. The monoisotopic (exact) mass is 280 g/mol. The van der Waals surface area contributed by atoms with Crippen LogP contribution in [0.4, 0.5) is 5.69 Å². The molecule has 1 aromatic rings. The molecule has 0 radical (unpaired) electrons. The van der Waals surface area contributed by atoms with E-state index in [-0.39, 0.29) is 5.41 Å². The van der Waals surface area contributed by atoms with Gasteiger partial charge in [-0.25, -0.2) is 0 Å². The first-order chi connectivity index (χ1) is 8.95. The highest BCUT2D eigenvalue weighted by Gasteiger charge is 2.17. The fraction of sp³-hybridized carbons (Fsp3) is 0.533. The van der Waals surface area contributed by atoms with Crippen LogP contribution in [0, 0.1) is 0 Å². The number of hydrogen-bond acceptors (Lipinski definition) is 2. The molecule has 19 heavy (non-hydrogen) atoms. The Kier molecular flexibility index (Phi) is 6.25. The third kappa shape index (κ3) is 5.57. The molecule has 0 saturated carbocycles. The molecule has 0 fully saturated rings. The summed E-state index contributed by atoms with van der Waals surface area (Å²) in [5.74, 6) is 0. The molecule has 0 aliphatic rings. The summed E-state index contributed by atoms with van der Waals surface area (Å²) in [6.45, 7) is 8.15. The maximum atomic E-state index is 5.31. The van der Waals surface area contributed by atoms with Crippen LogP contribution in [0.5, 0.6) is 0 Å². The quantitative estimate of drug-likeness (QED) is 0.640. The molecule has 0 aromatic heterocycles. The van der Waals surface area contributed by atoms with E-state index in [2.05, 4.69) is 49.6 Å². The maximum absolute atomic E-state index is 5.31. The molecule has 0 aliphatic carbocycles. The second-order valence-electron chi connectivity index (χ2n) is 5.52. The van der Waals surface area contributed by atoms with Gasteiger partial charge < -0.3 is 15.4 Å². The highest BCUT2D eigenvalue weighted by molar-refractivity contribution is 7.80. The van der Waals surface area contributed by atoms with Crippen molar-refractivity contribution >= 4 is 23.0 Å². The number of benzene rings is 1. The Hall–Kier alpha value is -1.13. The topological polar surface area (TPSA) is 33.3 Å². The summed E-state index contributed by atoms with van der Waals surface area (Å²) >= 11 is 5.31. The fourth-order valence-electron chi connectivity index (χ4n) is 1.83. The van der Waals surface area contributed by atoms with Gasteiger partial charge in [-0.05, 0) is 35.7 Å². The second-order valence-corrected chi connectivity index (χ2v) is 5.93. The van der Waals surface area contributed by atoms with E-state index in [1.165, 1.54) is 5.56 Å². The third-order valence-electron chi connectivity index (χ3n) is 2.79. The average Bonchev–Trinajstić information content (AvgIpc) is 2.34. The van der Waals surface area contributed by atoms with E-state index in [1.807, 2.05) is 6.07 Å². The molecule has 3 nitrogen and oxygen atoms in total. The molecule has 2 N–H and O–H groups in total. The Morgan fingerprint density at radius 1 is 1.26 bits per heavy atom. The Labute approximate surface area is 121 Å². The van der Waals surface area contributed by atoms with E-state index in [9.17, 15) is 0 Å². The van der Waals surface area contributed by atoms with Crippen molar-refractivity contribution in [2.45, 2.75) is 32.6 Å². The summed E-state index contributed by atoms with van der Waals surface area (Å²) < 4.78 is 5.00. The molecule has 0 bridgehead atoms. The molecule has 0 heterocycles. The van der Waals surface area contributed by atoms with Crippen LogP contribution in [0.3, 0.4) is 0 Å². The molecule has 1 rings (SSSR count). The molecule has 4 heteroatoms. The average molecular weight is 280 g/mol. The van der Waals surface area contributed by atoms with Crippen molar-refractivity contribution in [2.75, 3.05) is 25.6 Å². The summed E-state index contributed by atoms with van der Waals surface area (Å²) in [6, 6.07) is 8.27. The minimum absolute atomic E-state index is 0.0925. The SMILES string of the molecule is COCCCNC(=S)Nc1ccccc1C(C)(C)C. The Balaban J connectivity index is 2.59. The van der Waals surface area contributed by atoms with Gasteiger partial charge in [-0.2, -0.15) is 0 Å². The van der Waals surface area contributed by atoms with Gasteiger partial charge in [0.1, 0.15) is 0 Å². The van der Waals surface area contributed by atoms with Gasteiger partial charge in [-0.15, -0.1) is 0 Å². The highest BCUT2D eigenvalue weighted by atomic mass is 32.1. The van der Waals surface area contributed by atoms with Crippen LogP contribution in [-0.4, -0.2) is 25.4 Å².